The number of aliphatic hydroxyl groups is 3. The van der Waals surface area contributed by atoms with Gasteiger partial charge in [0, 0.05) is 57.1 Å². The molecule has 0 aromatic rings. The molecule has 12 heteroatoms. The van der Waals surface area contributed by atoms with E-state index >= 15 is 0 Å². The zero-order valence-electron chi connectivity index (χ0n) is 35.6. The van der Waals surface area contributed by atoms with E-state index in [2.05, 4.69) is 4.90 Å². The number of allylic oxidation sites excluding steroid dienone is 2. The summed E-state index contributed by atoms with van der Waals surface area (Å²) in [6.45, 7) is 18.2. The van der Waals surface area contributed by atoms with Gasteiger partial charge in [-0.05, 0) is 78.4 Å². The summed E-state index contributed by atoms with van der Waals surface area (Å²) in [6.07, 6.45) is 13.7. The first-order valence-electron chi connectivity index (χ1n) is 21.5. The lowest BCUT2D eigenvalue weighted by Crippen LogP contribution is -2.54. The van der Waals surface area contributed by atoms with Crippen LogP contribution in [0.2, 0.25) is 0 Å². The van der Waals surface area contributed by atoms with Crippen molar-refractivity contribution >= 4 is 12.1 Å². The minimum Gasteiger partial charge on any atom is -0.457 e. The quantitative estimate of drug-likeness (QED) is 0.0445. The number of epoxide rings is 1. The lowest BCUT2D eigenvalue weighted by molar-refractivity contribution is -0.222. The van der Waals surface area contributed by atoms with Gasteiger partial charge in [-0.2, -0.15) is 0 Å². The topological polar surface area (TPSA) is 151 Å². The predicted octanol–water partition coefficient (Wildman–Crippen LogP) is 6.46. The molecule has 3 heterocycles. The number of esters is 1. The van der Waals surface area contributed by atoms with Gasteiger partial charge in [-0.3, -0.25) is 9.69 Å². The minimum atomic E-state index is -1.16. The summed E-state index contributed by atoms with van der Waals surface area (Å²) in [7, 11) is 0. The molecule has 11 unspecified atom stereocenters. The molecule has 0 spiro atoms. The predicted molar refractivity (Wildman–Crippen MR) is 216 cm³/mol. The van der Waals surface area contributed by atoms with Crippen molar-refractivity contribution in [2.45, 2.75) is 186 Å². The molecular weight excluding hydrogens is 716 g/mol. The van der Waals surface area contributed by atoms with E-state index in [1.807, 2.05) is 59.8 Å². The summed E-state index contributed by atoms with van der Waals surface area (Å²) in [5.41, 5.74) is -1.51. The van der Waals surface area contributed by atoms with Gasteiger partial charge in [-0.1, -0.05) is 70.8 Å². The SMILES string of the molecule is CCOC(C)OC1(C)CCC(O)CC(=O)OC(/C(C)=C/C=C/C(C)(O)CC2OC2C(C)C(O)CC)C(C)/C=C/C1OC(=O)N1CCN(C2CCCCCC2)CC1. The van der Waals surface area contributed by atoms with Gasteiger partial charge in [-0.25, -0.2) is 4.79 Å². The number of carbonyl (C=O) groups is 2. The highest BCUT2D eigenvalue weighted by Crippen LogP contribution is 2.38. The van der Waals surface area contributed by atoms with Crippen LogP contribution >= 0.6 is 0 Å². The number of nitrogens with zero attached hydrogens (tertiary/aromatic N) is 2. The Bertz CT molecular complexity index is 1320. The second-order valence-electron chi connectivity index (χ2n) is 17.3. The van der Waals surface area contributed by atoms with Crippen LogP contribution in [0.4, 0.5) is 4.79 Å². The smallest absolute Gasteiger partial charge is 0.410 e. The van der Waals surface area contributed by atoms with Crippen molar-refractivity contribution in [3.05, 3.63) is 36.0 Å². The number of amides is 1. The third-order valence-corrected chi connectivity index (χ3v) is 12.3. The average Bonchev–Trinajstić information content (AvgIpc) is 3.96. The zero-order chi connectivity index (χ0) is 41.0. The number of carbonyl (C=O) groups excluding carboxylic acids is 2. The molecule has 0 bridgehead atoms. The molecule has 3 fully saturated rings. The van der Waals surface area contributed by atoms with Crippen LogP contribution in [0.25, 0.3) is 0 Å². The Balaban J connectivity index is 1.52. The Morgan fingerprint density at radius 1 is 1.09 bits per heavy atom. The maximum atomic E-state index is 13.9. The van der Waals surface area contributed by atoms with Crippen molar-refractivity contribution < 1.29 is 48.6 Å². The van der Waals surface area contributed by atoms with Gasteiger partial charge in [0.25, 0.3) is 0 Å². The molecule has 1 saturated carbocycles. The van der Waals surface area contributed by atoms with Gasteiger partial charge in [0.1, 0.15) is 11.7 Å². The van der Waals surface area contributed by atoms with E-state index in [1.165, 1.54) is 38.5 Å². The number of hydrogen-bond donors (Lipinski definition) is 3. The summed E-state index contributed by atoms with van der Waals surface area (Å²) in [6, 6.07) is 0.581. The van der Waals surface area contributed by atoms with Crippen LogP contribution in [0.15, 0.2) is 36.0 Å². The summed E-state index contributed by atoms with van der Waals surface area (Å²) in [5, 5.41) is 32.4. The Labute approximate surface area is 336 Å². The van der Waals surface area contributed by atoms with Crippen LogP contribution in [0.3, 0.4) is 0 Å². The molecule has 12 nitrogen and oxygen atoms in total. The maximum Gasteiger partial charge on any atom is 0.410 e. The molecule has 3 N–H and O–H groups in total. The first-order valence-corrected chi connectivity index (χ1v) is 21.5. The molecule has 11 atom stereocenters. The lowest BCUT2D eigenvalue weighted by Gasteiger charge is -2.41. The molecule has 0 aromatic heterocycles. The Kier molecular flexibility index (Phi) is 17.9. The molecule has 4 aliphatic rings. The number of piperazine rings is 1. The van der Waals surface area contributed by atoms with Crippen molar-refractivity contribution in [1.82, 2.24) is 9.80 Å². The average molecular weight is 791 g/mol. The fraction of sp³-hybridized carbons (Fsp3) is 0.818. The number of hydrogen-bond acceptors (Lipinski definition) is 11. The number of rotatable bonds is 14. The van der Waals surface area contributed by atoms with Crippen molar-refractivity contribution in [3.8, 4) is 0 Å². The standard InChI is InChI=1S/C44H74N2O10/c1-9-36(48)32(5)41-37(53-41)29-43(7,51)22-15-16-30(3)40-31(4)19-20-38(44(8,56-33(6)52-10-2)23-21-35(47)28-39(49)55-40)54-42(50)46-26-24-45(25-27-46)34-17-13-11-12-14-18-34/h15-16,19-20,22,31-38,40-41,47-48,51H,9-14,17-18,21,23-29H2,1-8H3/b20-19+,22-15+,30-16+. The van der Waals surface area contributed by atoms with Crippen molar-refractivity contribution in [1.29, 1.82) is 0 Å². The number of ether oxygens (including phenoxy) is 5. The Hall–Kier alpha value is -2.32. The van der Waals surface area contributed by atoms with E-state index in [0.717, 1.165) is 18.7 Å². The van der Waals surface area contributed by atoms with E-state index in [4.69, 9.17) is 23.7 Å². The normalized spacial score (nSPS) is 33.9. The first kappa shape index (κ1) is 46.4. The third kappa shape index (κ3) is 13.9. The third-order valence-electron chi connectivity index (χ3n) is 12.3. The van der Waals surface area contributed by atoms with E-state index < -0.39 is 54.0 Å². The van der Waals surface area contributed by atoms with Crippen molar-refractivity contribution in [2.75, 3.05) is 32.8 Å². The summed E-state index contributed by atoms with van der Waals surface area (Å²) in [4.78, 5) is 31.4. The van der Waals surface area contributed by atoms with Crippen LogP contribution in [0.5, 0.6) is 0 Å². The van der Waals surface area contributed by atoms with E-state index in [9.17, 15) is 24.9 Å². The fourth-order valence-electron chi connectivity index (χ4n) is 8.64. The van der Waals surface area contributed by atoms with Crippen molar-refractivity contribution in [2.24, 2.45) is 11.8 Å². The van der Waals surface area contributed by atoms with Crippen LogP contribution in [0, 0.1) is 11.8 Å². The van der Waals surface area contributed by atoms with Crippen LogP contribution in [-0.2, 0) is 28.5 Å². The highest BCUT2D eigenvalue weighted by atomic mass is 16.7. The fourth-order valence-corrected chi connectivity index (χ4v) is 8.64. The van der Waals surface area contributed by atoms with E-state index in [0.29, 0.717) is 45.0 Å². The maximum absolute atomic E-state index is 13.9. The Morgan fingerprint density at radius 2 is 1.77 bits per heavy atom. The molecule has 320 valence electrons. The highest BCUT2D eigenvalue weighted by Gasteiger charge is 2.47. The molecule has 4 rings (SSSR count). The first-order chi connectivity index (χ1) is 26.6. The molecular formula is C44H74N2O10. The van der Waals surface area contributed by atoms with Gasteiger partial charge in [0.15, 0.2) is 12.4 Å². The number of cyclic esters (lactones) is 1. The lowest BCUT2D eigenvalue weighted by atomic mass is 9.88. The van der Waals surface area contributed by atoms with Crippen LogP contribution in [0.1, 0.15) is 126 Å². The molecule has 0 radical (unpaired) electrons. The van der Waals surface area contributed by atoms with Gasteiger partial charge >= 0.3 is 12.1 Å². The van der Waals surface area contributed by atoms with Gasteiger partial charge in [0.05, 0.1) is 36.4 Å². The monoisotopic (exact) mass is 791 g/mol. The minimum absolute atomic E-state index is 0.0113. The van der Waals surface area contributed by atoms with Crippen LogP contribution < -0.4 is 0 Å². The van der Waals surface area contributed by atoms with Crippen molar-refractivity contribution in [3.63, 3.8) is 0 Å². The van der Waals surface area contributed by atoms with Crippen LogP contribution in [-0.4, -0.2) is 130 Å². The summed E-state index contributed by atoms with van der Waals surface area (Å²) < 4.78 is 30.4. The van der Waals surface area contributed by atoms with E-state index in [1.54, 1.807) is 30.9 Å². The Morgan fingerprint density at radius 3 is 2.41 bits per heavy atom. The number of aliphatic hydroxyl groups excluding tert-OH is 2. The molecule has 1 amide bonds. The highest BCUT2D eigenvalue weighted by molar-refractivity contribution is 5.70. The molecule has 2 saturated heterocycles. The van der Waals surface area contributed by atoms with E-state index in [-0.39, 0.29) is 36.9 Å². The van der Waals surface area contributed by atoms with Gasteiger partial charge in [-0.15, -0.1) is 0 Å². The second-order valence-corrected chi connectivity index (χ2v) is 17.3. The second kappa shape index (κ2) is 21.6. The molecule has 3 aliphatic heterocycles. The summed E-state index contributed by atoms with van der Waals surface area (Å²) in [5.74, 6) is -0.892. The largest absolute Gasteiger partial charge is 0.457 e. The molecule has 56 heavy (non-hydrogen) atoms. The summed E-state index contributed by atoms with van der Waals surface area (Å²) >= 11 is 0. The van der Waals surface area contributed by atoms with Gasteiger partial charge in [0.2, 0.25) is 0 Å². The van der Waals surface area contributed by atoms with Gasteiger partial charge < -0.3 is 43.9 Å². The molecule has 0 aromatic carbocycles. The molecule has 1 aliphatic carbocycles. The zero-order valence-corrected chi connectivity index (χ0v) is 35.6.